The molecule has 0 bridgehead atoms. The van der Waals surface area contributed by atoms with Gasteiger partial charge in [0.05, 0.1) is 27.7 Å². The maximum atomic E-state index is 13.7. The maximum absolute atomic E-state index is 13.7. The Morgan fingerprint density at radius 1 is 1.05 bits per heavy atom. The predicted octanol–water partition coefficient (Wildman–Crippen LogP) is 5.14. The number of halogens is 1. The van der Waals surface area contributed by atoms with Crippen LogP contribution in [0.25, 0.3) is 27.7 Å². The van der Waals surface area contributed by atoms with E-state index in [9.17, 15) is 13.2 Å². The van der Waals surface area contributed by atoms with Gasteiger partial charge < -0.3 is 11.1 Å². The van der Waals surface area contributed by atoms with Gasteiger partial charge in [0.2, 0.25) is 5.95 Å². The Hall–Kier alpha value is -4.74. The lowest BCUT2D eigenvalue weighted by Crippen LogP contribution is -2.27. The largest absolute Gasteiger partial charge is 0.368 e. The second-order valence-corrected chi connectivity index (χ2v) is 10.9. The SMILES string of the molecule is C=CS(=O)(=O)Nc1cccc(-c2cnc(N)nc2N[C@H](C)c2nc3cccc(Cl)c3c(=O)n2-c2ccccc2)c1. The Kier molecular flexibility index (Phi) is 7.24. The third-order valence-corrected chi connectivity index (χ3v) is 7.36. The molecule has 202 valence electrons. The van der Waals surface area contributed by atoms with Gasteiger partial charge in [0, 0.05) is 22.9 Å². The highest BCUT2D eigenvalue weighted by Gasteiger charge is 2.21. The Bertz CT molecular complexity index is 1910. The van der Waals surface area contributed by atoms with Crippen LogP contribution >= 0.6 is 11.6 Å². The van der Waals surface area contributed by atoms with Gasteiger partial charge in [-0.05, 0) is 48.9 Å². The number of fused-ring (bicyclic) bond motifs is 1. The van der Waals surface area contributed by atoms with Crippen LogP contribution in [0, 0.1) is 0 Å². The van der Waals surface area contributed by atoms with Gasteiger partial charge in [-0.15, -0.1) is 0 Å². The van der Waals surface area contributed by atoms with Crippen molar-refractivity contribution in [2.24, 2.45) is 0 Å². The zero-order valence-electron chi connectivity index (χ0n) is 21.2. The van der Waals surface area contributed by atoms with Crippen LogP contribution in [-0.2, 0) is 10.0 Å². The van der Waals surface area contributed by atoms with Gasteiger partial charge >= 0.3 is 0 Å². The molecule has 3 aromatic carbocycles. The number of aromatic nitrogens is 4. The number of nitrogens with two attached hydrogens (primary N) is 1. The first-order valence-corrected chi connectivity index (χ1v) is 14.0. The summed E-state index contributed by atoms with van der Waals surface area (Å²) >= 11 is 6.40. The molecule has 0 aliphatic heterocycles. The molecule has 0 aliphatic carbocycles. The summed E-state index contributed by atoms with van der Waals surface area (Å²) in [7, 11) is -3.70. The average Bonchev–Trinajstić information content (AvgIpc) is 2.93. The lowest BCUT2D eigenvalue weighted by Gasteiger charge is -2.21. The Balaban J connectivity index is 1.62. The standard InChI is InChI=1S/C28H24ClN7O3S/c1-3-40(38,39)35-19-10-7-9-18(15-19)21-16-31-28(30)34-25(21)32-17(2)26-33-23-14-8-13-22(29)24(23)27(37)36(26)20-11-5-4-6-12-20/h3-17,35H,1H2,2H3,(H3,30,31,32,34)/t17-/m1/s1. The summed E-state index contributed by atoms with van der Waals surface area (Å²) in [6.07, 6.45) is 1.54. The highest BCUT2D eigenvalue weighted by atomic mass is 35.5. The Labute approximate surface area is 235 Å². The second-order valence-electron chi connectivity index (χ2n) is 8.83. The van der Waals surface area contributed by atoms with Gasteiger partial charge in [0.1, 0.15) is 11.6 Å². The quantitative estimate of drug-likeness (QED) is 0.231. The van der Waals surface area contributed by atoms with E-state index < -0.39 is 16.1 Å². The number of benzene rings is 3. The third kappa shape index (κ3) is 5.37. The number of nitrogen functional groups attached to an aromatic ring is 1. The van der Waals surface area contributed by atoms with Crippen LogP contribution in [0.1, 0.15) is 18.8 Å². The lowest BCUT2D eigenvalue weighted by atomic mass is 10.1. The molecule has 0 aliphatic rings. The first-order valence-electron chi connectivity index (χ1n) is 12.1. The summed E-state index contributed by atoms with van der Waals surface area (Å²) in [6, 6.07) is 20.5. The highest BCUT2D eigenvalue weighted by Crippen LogP contribution is 2.31. The van der Waals surface area contributed by atoms with E-state index in [1.807, 2.05) is 37.3 Å². The number of nitrogens with zero attached hydrogens (tertiary/aromatic N) is 4. The molecule has 2 aromatic heterocycles. The number of nitrogens with one attached hydrogen (secondary N) is 2. The van der Waals surface area contributed by atoms with Gasteiger partial charge in [-0.1, -0.05) is 54.6 Å². The first-order chi connectivity index (χ1) is 19.2. The van der Waals surface area contributed by atoms with Crippen LogP contribution in [-0.4, -0.2) is 27.9 Å². The van der Waals surface area contributed by atoms with E-state index in [1.165, 1.54) is 10.8 Å². The molecule has 0 amide bonds. The summed E-state index contributed by atoms with van der Waals surface area (Å²) in [4.78, 5) is 27.1. The van der Waals surface area contributed by atoms with E-state index >= 15 is 0 Å². The molecule has 0 saturated heterocycles. The Morgan fingerprint density at radius 3 is 2.55 bits per heavy atom. The zero-order chi connectivity index (χ0) is 28.4. The molecule has 5 rings (SSSR count). The fourth-order valence-electron chi connectivity index (χ4n) is 4.27. The fourth-order valence-corrected chi connectivity index (χ4v) is 5.06. The zero-order valence-corrected chi connectivity index (χ0v) is 22.8. The smallest absolute Gasteiger partial charge is 0.267 e. The van der Waals surface area contributed by atoms with Crippen molar-refractivity contribution in [1.82, 2.24) is 19.5 Å². The van der Waals surface area contributed by atoms with Crippen molar-refractivity contribution >= 4 is 50.0 Å². The van der Waals surface area contributed by atoms with E-state index in [2.05, 4.69) is 26.6 Å². The Morgan fingerprint density at radius 2 is 1.80 bits per heavy atom. The molecule has 0 unspecified atom stereocenters. The number of sulfonamides is 1. The summed E-state index contributed by atoms with van der Waals surface area (Å²) < 4.78 is 27.9. The summed E-state index contributed by atoms with van der Waals surface area (Å²) in [5.74, 6) is 0.811. The summed E-state index contributed by atoms with van der Waals surface area (Å²) in [6.45, 7) is 5.16. The van der Waals surface area contributed by atoms with Crippen molar-refractivity contribution in [3.63, 3.8) is 0 Å². The molecule has 4 N–H and O–H groups in total. The first kappa shape index (κ1) is 26.9. The molecule has 0 spiro atoms. The van der Waals surface area contributed by atoms with Crippen molar-refractivity contribution in [1.29, 1.82) is 0 Å². The molecule has 0 saturated carbocycles. The molecule has 10 nitrogen and oxygen atoms in total. The van der Waals surface area contributed by atoms with Gasteiger partial charge in [0.25, 0.3) is 15.6 Å². The van der Waals surface area contributed by atoms with Crippen LogP contribution in [0.15, 0.2) is 95.8 Å². The molecule has 2 heterocycles. The van der Waals surface area contributed by atoms with Gasteiger partial charge in [0.15, 0.2) is 0 Å². The molecule has 12 heteroatoms. The highest BCUT2D eigenvalue weighted by molar-refractivity contribution is 7.95. The number of hydrogen-bond donors (Lipinski definition) is 3. The molecular formula is C28H24ClN7O3S. The van der Waals surface area contributed by atoms with E-state index in [4.69, 9.17) is 22.3 Å². The van der Waals surface area contributed by atoms with Gasteiger partial charge in [-0.25, -0.2) is 18.4 Å². The molecule has 1 atom stereocenters. The van der Waals surface area contributed by atoms with Crippen LogP contribution in [0.3, 0.4) is 0 Å². The van der Waals surface area contributed by atoms with Crippen molar-refractivity contribution in [2.75, 3.05) is 15.8 Å². The lowest BCUT2D eigenvalue weighted by molar-refractivity contribution is 0.609. The van der Waals surface area contributed by atoms with Crippen molar-refractivity contribution < 1.29 is 8.42 Å². The van der Waals surface area contributed by atoms with Gasteiger partial charge in [-0.2, -0.15) is 4.98 Å². The molecule has 5 aromatic rings. The van der Waals surface area contributed by atoms with E-state index in [1.54, 1.807) is 42.5 Å². The monoisotopic (exact) mass is 573 g/mol. The summed E-state index contributed by atoms with van der Waals surface area (Å²) in [5, 5.41) is 4.77. The topological polar surface area (TPSA) is 145 Å². The van der Waals surface area contributed by atoms with Crippen molar-refractivity contribution in [3.05, 3.63) is 112 Å². The molecule has 40 heavy (non-hydrogen) atoms. The van der Waals surface area contributed by atoms with E-state index in [0.717, 1.165) is 5.41 Å². The van der Waals surface area contributed by atoms with Crippen LogP contribution < -0.4 is 21.3 Å². The van der Waals surface area contributed by atoms with Crippen LogP contribution in [0.4, 0.5) is 17.5 Å². The number of hydrogen-bond acceptors (Lipinski definition) is 8. The maximum Gasteiger partial charge on any atom is 0.267 e. The second kappa shape index (κ2) is 10.8. The number of para-hydroxylation sites is 1. The minimum atomic E-state index is -3.70. The minimum Gasteiger partial charge on any atom is -0.368 e. The fraction of sp³-hybridized carbons (Fsp3) is 0.0714. The molecular weight excluding hydrogens is 550 g/mol. The number of rotatable bonds is 8. The van der Waals surface area contributed by atoms with Crippen molar-refractivity contribution in [2.45, 2.75) is 13.0 Å². The van der Waals surface area contributed by atoms with Crippen molar-refractivity contribution in [3.8, 4) is 16.8 Å². The normalized spacial score (nSPS) is 12.2. The molecule has 0 fully saturated rings. The van der Waals surface area contributed by atoms with E-state index in [-0.39, 0.29) is 11.5 Å². The van der Waals surface area contributed by atoms with E-state index in [0.29, 0.717) is 50.1 Å². The van der Waals surface area contributed by atoms with Gasteiger partial charge in [-0.3, -0.25) is 14.1 Å². The average molecular weight is 574 g/mol. The summed E-state index contributed by atoms with van der Waals surface area (Å²) in [5.41, 5.74) is 8.21. The van der Waals surface area contributed by atoms with Crippen LogP contribution in [0.5, 0.6) is 0 Å². The molecule has 0 radical (unpaired) electrons. The minimum absolute atomic E-state index is 0.0284. The predicted molar refractivity (Wildman–Crippen MR) is 159 cm³/mol. The number of anilines is 3. The third-order valence-electron chi connectivity index (χ3n) is 6.09. The van der Waals surface area contributed by atoms with Crippen LogP contribution in [0.2, 0.25) is 5.02 Å².